The van der Waals surface area contributed by atoms with Crippen LogP contribution >= 0.6 is 32.1 Å². The molecule has 4 atom stereocenters. The normalized spacial score (nSPS) is 13.3. The first-order valence-electron chi connectivity index (χ1n) is 22.6. The fourth-order valence-electron chi connectivity index (χ4n) is 4.15. The molecule has 12 N–H and O–H groups in total. The van der Waals surface area contributed by atoms with Crippen LogP contribution in [0.5, 0.6) is 0 Å². The number of carboxylic acids is 7. The Morgan fingerprint density at radius 1 is 0.634 bits per heavy atom. The first-order chi connectivity index (χ1) is 35.6. The van der Waals surface area contributed by atoms with Gasteiger partial charge in [0.25, 0.3) is 0 Å². The third kappa shape index (κ3) is 75.9. The van der Waals surface area contributed by atoms with Crippen LogP contribution in [0.3, 0.4) is 0 Å². The van der Waals surface area contributed by atoms with Gasteiger partial charge in [-0.1, -0.05) is 13.8 Å². The minimum atomic E-state index is -5.08. The van der Waals surface area contributed by atoms with E-state index in [1.165, 1.54) is 0 Å². The standard InChI is InChI=1S/C13H23NO4S.C10H18O5.C9H15O6P.C7H16N2O2.2C2HF3O2.CH2O.ClH.Na.H2O.S2/c1-9(11(15)16)5-6-10-7-14(8-19-10)12(17)18-13(2,3)4;1-9(2,3)14-7(11)13-8(12)15-10(4,5)6;10-7(11)1-4-16(5-2-8(12)13)6-3-9(14)15;1-5(4-8)2-3-6(9)7(10)11;2*3-2(4,5)1(6)7;1-2;;;;1-2/h9-10H,5-8H2,1-4H3,(H,15,16);1-6H3;1-6H2,(H,10,11)(H,12,13)(H,14,15);5-6H,2-4,8-9H2,1H3,(H,10,11);2*(H,6,7);1H2;1H;;1H2;/q;;;;;;;;+1;;/p-1/t9-,10-;;;5-,6-;;;;;;;/m0..0......./s1. The van der Waals surface area contributed by atoms with Crippen LogP contribution in [-0.2, 0) is 79.7 Å². The maximum absolute atomic E-state index is 11.8. The molecule has 1 saturated heterocycles. The van der Waals surface area contributed by atoms with Crippen molar-refractivity contribution in [3.63, 3.8) is 0 Å². The number of nitrogens with zero attached hydrogens (tertiary/aromatic N) is 1. The molecule has 38 heteroatoms. The van der Waals surface area contributed by atoms with Crippen molar-refractivity contribution in [3.8, 4) is 0 Å². The summed E-state index contributed by atoms with van der Waals surface area (Å²) in [6, 6.07) is -0.732. The van der Waals surface area contributed by atoms with Gasteiger partial charge in [-0.2, -0.15) is 26.3 Å². The number of aliphatic carboxylic acids is 7. The Morgan fingerprint density at radius 2 is 0.951 bits per heavy atom. The molecule has 1 aliphatic heterocycles. The Kier molecular flexibility index (Phi) is 64.0. The Balaban J connectivity index is -0.0000000957. The van der Waals surface area contributed by atoms with Crippen LogP contribution in [0.15, 0.2) is 0 Å². The average Bonchev–Trinajstić information content (AvgIpc) is 3.76. The van der Waals surface area contributed by atoms with Gasteiger partial charge >= 0.3 is 102 Å². The third-order valence-corrected chi connectivity index (χ3v) is 11.8. The van der Waals surface area contributed by atoms with Gasteiger partial charge in [-0.15, -0.1) is 32.1 Å². The van der Waals surface area contributed by atoms with Gasteiger partial charge in [-0.25, -0.2) is 24.0 Å². The number of hydrogen-bond donors (Lipinski definition) is 9. The fraction of sp³-hybridized carbons (Fsp3) is 0.750. The summed E-state index contributed by atoms with van der Waals surface area (Å²) in [7, 11) is -0.801. The number of nitrogens with two attached hydrogens (primary N) is 2. The molecule has 1 aliphatic rings. The first kappa shape index (κ1) is 100.0. The van der Waals surface area contributed by atoms with Gasteiger partial charge in [0.2, 0.25) is 0 Å². The van der Waals surface area contributed by atoms with E-state index < -0.39 is 97.2 Å². The molecule has 26 nitrogen and oxygen atoms in total. The number of carbonyl (C=O) groups is 11. The van der Waals surface area contributed by atoms with Crippen molar-refractivity contribution in [1.82, 2.24) is 4.90 Å². The molecule has 0 radical (unpaired) electrons. The molecule has 1 amide bonds. The fourth-order valence-corrected chi connectivity index (χ4v) is 7.53. The molecule has 0 aromatic rings. The molecule has 0 bridgehead atoms. The van der Waals surface area contributed by atoms with E-state index in [1.807, 2.05) is 34.5 Å². The van der Waals surface area contributed by atoms with E-state index in [0.29, 0.717) is 61.5 Å². The number of amides is 1. The van der Waals surface area contributed by atoms with Crippen molar-refractivity contribution in [1.29, 1.82) is 0 Å². The second-order valence-corrected chi connectivity index (χ2v) is 22.7. The predicted octanol–water partition coefficient (Wildman–Crippen LogP) is 4.66. The molecule has 0 aromatic carbocycles. The summed E-state index contributed by atoms with van der Waals surface area (Å²) in [6.45, 7) is 22.5. The van der Waals surface area contributed by atoms with Gasteiger partial charge in [0.1, 0.15) is 29.6 Å². The molecule has 1 rings (SSSR count). The van der Waals surface area contributed by atoms with E-state index >= 15 is 0 Å². The van der Waals surface area contributed by atoms with Crippen LogP contribution in [0.4, 0.5) is 40.7 Å². The van der Waals surface area contributed by atoms with Crippen molar-refractivity contribution >= 4 is 121 Å². The second-order valence-electron chi connectivity index (χ2n) is 18.7. The van der Waals surface area contributed by atoms with Crippen LogP contribution in [0.25, 0.3) is 0 Å². The van der Waals surface area contributed by atoms with Crippen molar-refractivity contribution in [3.05, 3.63) is 0 Å². The Morgan fingerprint density at radius 3 is 1.20 bits per heavy atom. The minimum Gasteiger partial charge on any atom is -0.870 e. The van der Waals surface area contributed by atoms with Gasteiger partial charge in [-0.05, 0) is 119 Å². The zero-order valence-corrected chi connectivity index (χ0v) is 53.5. The van der Waals surface area contributed by atoms with Gasteiger partial charge in [0.05, 0.1) is 11.8 Å². The van der Waals surface area contributed by atoms with E-state index in [1.54, 1.807) is 65.1 Å². The smallest absolute Gasteiger partial charge is 0.870 e. The first-order valence-corrected chi connectivity index (χ1v) is 26.9. The maximum Gasteiger partial charge on any atom is 1.00 e. The van der Waals surface area contributed by atoms with E-state index in [2.05, 4.69) is 27.1 Å². The number of alkyl halides is 6. The number of hydrogen-bond acceptors (Lipinski definition) is 21. The molecule has 480 valence electrons. The minimum absolute atomic E-state index is 0. The molecule has 0 aromatic heterocycles. The van der Waals surface area contributed by atoms with Gasteiger partial charge in [0.15, 0.2) is 0 Å². The zero-order chi connectivity index (χ0) is 64.5. The molecule has 0 aliphatic carbocycles. The van der Waals surface area contributed by atoms with Gasteiger partial charge < -0.3 is 76.4 Å². The van der Waals surface area contributed by atoms with Gasteiger partial charge in [-0.3, -0.25) is 28.9 Å². The van der Waals surface area contributed by atoms with Crippen LogP contribution in [0.2, 0.25) is 0 Å². The summed E-state index contributed by atoms with van der Waals surface area (Å²) < 4.78 is 82.6. The number of ether oxygens (including phenoxy) is 4. The topological polar surface area (TPSA) is 452 Å². The second kappa shape index (κ2) is 52.5. The summed E-state index contributed by atoms with van der Waals surface area (Å²) in [5.41, 5.74) is 8.76. The Bertz CT molecular complexity index is 1760. The summed E-state index contributed by atoms with van der Waals surface area (Å²) >= 11 is 9.02. The number of halogens is 7. The molecule has 0 saturated carbocycles. The van der Waals surface area contributed by atoms with E-state index in [4.69, 9.17) is 75.8 Å². The molecule has 1 heterocycles. The van der Waals surface area contributed by atoms with Crippen LogP contribution in [-0.4, -0.2) is 191 Å². The SMILES string of the molecule is C=O.CC(C)(C)OC(=O)OC(=O)OC(C)(C)C.C[C@@H](CC[C@H]1CN(C(=O)OC(C)(C)C)CS1)C(=O)O.C[C@H](CN)CC[C@H](N)C(=O)O.Cl.O=C(O)C(F)(F)F.O=C(O)C(F)(F)F.O=C(O)CCP(CCC(=O)O)CCC(=O)O.S=S.[Na+].[OH-]. The number of rotatable bonds is 18. The summed E-state index contributed by atoms with van der Waals surface area (Å²) in [5.74, 6) is -9.34. The largest absolute Gasteiger partial charge is 1.00 e. The van der Waals surface area contributed by atoms with Crippen molar-refractivity contribution in [2.75, 3.05) is 37.5 Å². The van der Waals surface area contributed by atoms with E-state index in [-0.39, 0.29) is 78.7 Å². The van der Waals surface area contributed by atoms with Crippen molar-refractivity contribution < 1.29 is 169 Å². The summed E-state index contributed by atoms with van der Waals surface area (Å²) in [6.07, 6.45) is -8.70. The van der Waals surface area contributed by atoms with Crippen LogP contribution in [0.1, 0.15) is 121 Å². The quantitative estimate of drug-likeness (QED) is 0.0225. The zero-order valence-electron chi connectivity index (χ0n) is 47.4. The summed E-state index contributed by atoms with van der Waals surface area (Å²) in [5, 5.41) is 57.3. The van der Waals surface area contributed by atoms with Crippen LogP contribution in [0, 0.1) is 11.8 Å². The van der Waals surface area contributed by atoms with Gasteiger partial charge in [0, 0.05) is 53.4 Å². The average molecular weight is 1320 g/mol. The molecule has 0 unspecified atom stereocenters. The molecule has 82 heavy (non-hydrogen) atoms. The monoisotopic (exact) mass is 1320 g/mol. The van der Waals surface area contributed by atoms with E-state index in [9.17, 15) is 64.7 Å². The molecule has 0 spiro atoms. The Hall–Kier alpha value is -4.06. The molecular formula is C44H78ClF6N3NaO23PS3. The third-order valence-electron chi connectivity index (χ3n) is 7.93. The van der Waals surface area contributed by atoms with Crippen molar-refractivity contribution in [2.45, 2.75) is 162 Å². The number of carboxylic acid groups (broad SMARTS) is 7. The number of thioether (sulfide) groups is 1. The molecular weight excluding hydrogens is 1240 g/mol. The number of carbonyl (C=O) groups excluding carboxylic acids is 4. The van der Waals surface area contributed by atoms with Crippen molar-refractivity contribution in [2.24, 2.45) is 23.3 Å². The Labute approximate surface area is 514 Å². The summed E-state index contributed by atoms with van der Waals surface area (Å²) in [4.78, 5) is 113. The maximum atomic E-state index is 11.8. The van der Waals surface area contributed by atoms with Crippen LogP contribution < -0.4 is 41.0 Å². The predicted molar refractivity (Wildman–Crippen MR) is 289 cm³/mol. The molecule has 1 fully saturated rings. The van der Waals surface area contributed by atoms with E-state index in [0.717, 1.165) is 12.8 Å².